The van der Waals surface area contributed by atoms with Gasteiger partial charge in [0.2, 0.25) is 5.60 Å². The molecule has 0 amide bonds. The molecule has 1 N–H and O–H groups in total. The number of hydrogen-bond acceptors (Lipinski definition) is 8. The predicted molar refractivity (Wildman–Crippen MR) is 157 cm³/mol. The molecule has 2 fully saturated rings. The molecule has 0 radical (unpaired) electrons. The van der Waals surface area contributed by atoms with Crippen LogP contribution >= 0.6 is 0 Å². The van der Waals surface area contributed by atoms with E-state index in [2.05, 4.69) is 4.90 Å². The van der Waals surface area contributed by atoms with Crippen molar-refractivity contribution in [2.75, 3.05) is 39.3 Å². The number of likely N-dealkylation sites (N-methyl/N-ethyl adjacent to an activating group) is 1. The van der Waals surface area contributed by atoms with Gasteiger partial charge in [0.15, 0.2) is 6.10 Å². The first-order chi connectivity index (χ1) is 21.9. The van der Waals surface area contributed by atoms with E-state index in [1.54, 1.807) is 11.9 Å². The highest BCUT2D eigenvalue weighted by atomic mass is 19.4. The van der Waals surface area contributed by atoms with Gasteiger partial charge >= 0.3 is 24.3 Å². The van der Waals surface area contributed by atoms with E-state index in [9.17, 15) is 41.0 Å². The Hall–Kier alpha value is -3.78. The summed E-state index contributed by atoms with van der Waals surface area (Å²) in [6, 6.07) is 2.77. The number of ether oxygens (including phenoxy) is 3. The lowest BCUT2D eigenvalue weighted by Gasteiger charge is -2.63. The normalized spacial score (nSPS) is 31.2. The predicted octanol–water partition coefficient (Wildman–Crippen LogP) is 5.35. The van der Waals surface area contributed by atoms with E-state index >= 15 is 0 Å². The molecule has 0 aromatic heterocycles. The number of carbonyl (C=O) groups excluding carboxylic acids is 2. The van der Waals surface area contributed by atoms with Gasteiger partial charge in [-0.3, -0.25) is 9.69 Å². The van der Waals surface area contributed by atoms with Gasteiger partial charge in [-0.1, -0.05) is 19.1 Å². The molecular weight excluding hydrogens is 634 g/mol. The number of anilines is 1. The van der Waals surface area contributed by atoms with Crippen LogP contribution in [0.25, 0.3) is 11.1 Å². The molecule has 4 aliphatic rings. The third-order valence-corrected chi connectivity index (χ3v) is 10.6. The molecule has 254 valence electrons. The number of hydrogen-bond donors (Lipinski definition) is 1. The number of halogens is 6. The molecule has 1 spiro atoms. The SMILES string of the molecule is CC[C@]12C=CCN3CC[C@@]4(c5cc(-c6cc(C(F)(F)F)cc(C(F)(F)F)c6)c(OC)cc5N(C)[C@H]4[C@@](O)(C(=O)OC)[C@@H]1OC(C)=O)[C@@H]32. The van der Waals surface area contributed by atoms with Gasteiger partial charge in [0.25, 0.3) is 0 Å². The van der Waals surface area contributed by atoms with Crippen molar-refractivity contribution < 1.29 is 55.2 Å². The summed E-state index contributed by atoms with van der Waals surface area (Å²) >= 11 is 0. The first-order valence-electron chi connectivity index (χ1n) is 15.1. The largest absolute Gasteiger partial charge is 0.496 e. The number of esters is 2. The van der Waals surface area contributed by atoms with Gasteiger partial charge in [-0.15, -0.1) is 0 Å². The molecule has 1 aliphatic carbocycles. The maximum atomic E-state index is 13.9. The number of benzene rings is 2. The molecule has 3 aliphatic heterocycles. The second kappa shape index (κ2) is 10.6. The highest BCUT2D eigenvalue weighted by Gasteiger charge is 2.80. The third kappa shape index (κ3) is 4.43. The van der Waals surface area contributed by atoms with Crippen molar-refractivity contribution >= 4 is 17.6 Å². The van der Waals surface area contributed by atoms with Gasteiger partial charge in [-0.05, 0) is 54.8 Å². The Morgan fingerprint density at radius 3 is 2.17 bits per heavy atom. The summed E-state index contributed by atoms with van der Waals surface area (Å²) < 4.78 is 100. The zero-order valence-corrected chi connectivity index (χ0v) is 26.3. The number of fused-ring (bicyclic) bond motifs is 1. The van der Waals surface area contributed by atoms with Gasteiger partial charge in [-0.2, -0.15) is 26.3 Å². The van der Waals surface area contributed by atoms with Crippen LogP contribution in [0.1, 0.15) is 43.4 Å². The molecule has 0 bridgehead atoms. The topological polar surface area (TPSA) is 88.5 Å². The Labute approximate surface area is 266 Å². The number of carbonyl (C=O) groups is 2. The van der Waals surface area contributed by atoms with Crippen LogP contribution in [0.2, 0.25) is 0 Å². The van der Waals surface area contributed by atoms with Crippen molar-refractivity contribution in [3.8, 4) is 16.9 Å². The lowest BCUT2D eigenvalue weighted by atomic mass is 9.47. The zero-order chi connectivity index (χ0) is 34.5. The Balaban J connectivity index is 1.68. The average Bonchev–Trinajstić information content (AvgIpc) is 3.52. The zero-order valence-electron chi connectivity index (χ0n) is 26.3. The van der Waals surface area contributed by atoms with Gasteiger partial charge in [0.05, 0.1) is 31.4 Å². The van der Waals surface area contributed by atoms with E-state index in [1.807, 2.05) is 19.1 Å². The van der Waals surface area contributed by atoms with Gasteiger partial charge in [0.1, 0.15) is 5.75 Å². The second-order valence-electron chi connectivity index (χ2n) is 12.7. The van der Waals surface area contributed by atoms with Crippen molar-refractivity contribution in [3.05, 3.63) is 59.2 Å². The summed E-state index contributed by atoms with van der Waals surface area (Å²) in [5.74, 6) is -1.79. The summed E-state index contributed by atoms with van der Waals surface area (Å²) in [5.41, 5.74) is -7.10. The van der Waals surface area contributed by atoms with Crippen molar-refractivity contribution in [2.45, 2.75) is 68.2 Å². The van der Waals surface area contributed by atoms with E-state index in [1.165, 1.54) is 26.2 Å². The van der Waals surface area contributed by atoms with Gasteiger partial charge < -0.3 is 24.2 Å². The van der Waals surface area contributed by atoms with Crippen molar-refractivity contribution in [1.82, 2.24) is 4.90 Å². The number of alkyl halides is 6. The highest BCUT2D eigenvalue weighted by molar-refractivity contribution is 5.88. The average molecular weight is 669 g/mol. The van der Waals surface area contributed by atoms with E-state index in [0.29, 0.717) is 49.3 Å². The minimum atomic E-state index is -5.07. The van der Waals surface area contributed by atoms with Crippen LogP contribution in [0.4, 0.5) is 32.0 Å². The first-order valence-corrected chi connectivity index (χ1v) is 15.1. The quantitative estimate of drug-likeness (QED) is 0.260. The molecular formula is C33H34F6N2O6. The van der Waals surface area contributed by atoms with E-state index < -0.39 is 70.0 Å². The number of rotatable bonds is 5. The number of aliphatic hydroxyl groups is 1. The van der Waals surface area contributed by atoms with Crippen LogP contribution in [0.5, 0.6) is 5.75 Å². The summed E-state index contributed by atoms with van der Waals surface area (Å²) in [5, 5.41) is 12.7. The molecule has 6 atom stereocenters. The Morgan fingerprint density at radius 1 is 1.00 bits per heavy atom. The molecule has 1 saturated heterocycles. The van der Waals surface area contributed by atoms with Crippen LogP contribution in [-0.2, 0) is 36.8 Å². The Morgan fingerprint density at radius 2 is 1.64 bits per heavy atom. The Kier molecular flexibility index (Phi) is 7.48. The maximum absolute atomic E-state index is 13.9. The molecule has 2 aromatic carbocycles. The van der Waals surface area contributed by atoms with Gasteiger partial charge in [-0.25, -0.2) is 4.79 Å². The van der Waals surface area contributed by atoms with E-state index in [4.69, 9.17) is 14.2 Å². The molecule has 47 heavy (non-hydrogen) atoms. The fourth-order valence-electron chi connectivity index (χ4n) is 9.09. The van der Waals surface area contributed by atoms with Crippen molar-refractivity contribution in [2.24, 2.45) is 5.41 Å². The lowest BCUT2D eigenvalue weighted by molar-refractivity contribution is -0.228. The standard InChI is InChI=1S/C33H34F6N2O6/c1-6-29-8-7-10-41-11-9-30(25(29)41)22-15-21(18-12-19(32(34,35)36)14-20(13-18)33(37,38)39)24(45-4)16-23(22)40(3)26(30)31(44,28(43)46-5)27(29)47-17(2)42/h7-8,12-16,25-27,44H,6,9-11H2,1-5H3/t25-,26+,27+,29+,30+,31-/m0/s1. The molecule has 1 saturated carbocycles. The summed E-state index contributed by atoms with van der Waals surface area (Å²) in [7, 11) is 3.98. The summed E-state index contributed by atoms with van der Waals surface area (Å²) in [6.07, 6.45) is -7.15. The molecule has 2 aromatic rings. The monoisotopic (exact) mass is 668 g/mol. The second-order valence-corrected chi connectivity index (χ2v) is 12.7. The lowest BCUT2D eigenvalue weighted by Crippen LogP contribution is -2.81. The van der Waals surface area contributed by atoms with Crippen LogP contribution in [0.15, 0.2) is 42.5 Å². The highest BCUT2D eigenvalue weighted by Crippen LogP contribution is 2.68. The third-order valence-electron chi connectivity index (χ3n) is 10.6. The number of methoxy groups -OCH3 is 2. The fraction of sp³-hybridized carbons (Fsp3) is 0.515. The van der Waals surface area contributed by atoms with Crippen molar-refractivity contribution in [3.63, 3.8) is 0 Å². The van der Waals surface area contributed by atoms with E-state index in [0.717, 1.165) is 7.11 Å². The van der Waals surface area contributed by atoms with Crippen LogP contribution < -0.4 is 9.64 Å². The molecule has 14 heteroatoms. The first kappa shape index (κ1) is 33.1. The van der Waals surface area contributed by atoms with Crippen LogP contribution in [0.3, 0.4) is 0 Å². The molecule has 0 unspecified atom stereocenters. The minimum absolute atomic E-state index is 0.0172. The fourth-order valence-corrected chi connectivity index (χ4v) is 9.09. The van der Waals surface area contributed by atoms with E-state index in [-0.39, 0.29) is 22.9 Å². The Bertz CT molecular complexity index is 1640. The summed E-state index contributed by atoms with van der Waals surface area (Å²) in [4.78, 5) is 30.2. The molecule has 8 nitrogen and oxygen atoms in total. The summed E-state index contributed by atoms with van der Waals surface area (Å²) in [6.45, 7) is 3.99. The van der Waals surface area contributed by atoms with Crippen LogP contribution in [-0.4, -0.2) is 80.1 Å². The minimum Gasteiger partial charge on any atom is -0.496 e. The van der Waals surface area contributed by atoms with Gasteiger partial charge in [0, 0.05) is 54.7 Å². The number of nitrogens with zero attached hydrogens (tertiary/aromatic N) is 2. The van der Waals surface area contributed by atoms with Crippen molar-refractivity contribution in [1.29, 1.82) is 0 Å². The smallest absolute Gasteiger partial charge is 0.416 e. The van der Waals surface area contributed by atoms with Crippen LogP contribution in [0, 0.1) is 5.41 Å². The molecule has 6 rings (SSSR count). The molecule has 3 heterocycles. The maximum Gasteiger partial charge on any atom is 0.416 e.